The Labute approximate surface area is 98.8 Å². The van der Waals surface area contributed by atoms with Crippen LogP contribution in [0.25, 0.3) is 0 Å². The van der Waals surface area contributed by atoms with Crippen molar-refractivity contribution in [2.45, 2.75) is 12.5 Å². The van der Waals surface area contributed by atoms with Crippen molar-refractivity contribution in [3.05, 3.63) is 65.7 Å². The Hall–Kier alpha value is -2.10. The van der Waals surface area contributed by atoms with E-state index in [4.69, 9.17) is 5.53 Å². The van der Waals surface area contributed by atoms with Gasteiger partial charge in [-0.1, -0.05) is 12.1 Å². The molecule has 2 aromatic rings. The molecule has 0 aliphatic carbocycles. The average Bonchev–Trinajstić information content (AvgIpc) is 2.39. The summed E-state index contributed by atoms with van der Waals surface area (Å²) in [5.74, 6) is -0.253. The molecule has 86 valence electrons. The van der Waals surface area contributed by atoms with Crippen molar-refractivity contribution in [2.75, 3.05) is 0 Å². The molecule has 0 radical (unpaired) electrons. The maximum absolute atomic E-state index is 12.8. The first-order chi connectivity index (χ1) is 8.29. The van der Waals surface area contributed by atoms with Crippen molar-refractivity contribution in [2.24, 2.45) is 5.11 Å². The summed E-state index contributed by atoms with van der Waals surface area (Å²) >= 11 is 0. The molecule has 0 bridgehead atoms. The summed E-state index contributed by atoms with van der Waals surface area (Å²) < 4.78 is 12.8. The maximum atomic E-state index is 12.8. The zero-order valence-corrected chi connectivity index (χ0v) is 9.18. The monoisotopic (exact) mass is 229 g/mol. The highest BCUT2D eigenvalue weighted by molar-refractivity contribution is 5.22. The summed E-state index contributed by atoms with van der Waals surface area (Å²) in [7, 11) is 0. The smallest absolute Gasteiger partial charge is 0.123 e. The Morgan fingerprint density at radius 2 is 1.76 bits per heavy atom. The Morgan fingerprint density at radius 1 is 1.12 bits per heavy atom. The highest BCUT2D eigenvalue weighted by atomic mass is 19.1. The van der Waals surface area contributed by atoms with E-state index in [-0.39, 0.29) is 11.9 Å². The molecular formula is C13H12FN3. The third kappa shape index (κ3) is 2.93. The molecule has 3 nitrogen and oxygen atoms in total. The summed E-state index contributed by atoms with van der Waals surface area (Å²) in [6.07, 6.45) is 3.95. The molecule has 1 heterocycles. The summed E-state index contributed by atoms with van der Waals surface area (Å²) in [6, 6.07) is 9.72. The number of nitrogens with zero attached hydrogens (tertiary/aromatic N) is 2. The number of hydrogen-bond acceptors (Lipinski definition) is 3. The van der Waals surface area contributed by atoms with Crippen molar-refractivity contribution in [1.29, 1.82) is 5.53 Å². The molecule has 1 atom stereocenters. The van der Waals surface area contributed by atoms with Gasteiger partial charge in [-0.15, -0.1) is 0 Å². The van der Waals surface area contributed by atoms with Gasteiger partial charge < -0.3 is 0 Å². The van der Waals surface area contributed by atoms with Gasteiger partial charge >= 0.3 is 0 Å². The Morgan fingerprint density at radius 3 is 2.35 bits per heavy atom. The van der Waals surface area contributed by atoms with E-state index in [1.165, 1.54) is 12.1 Å². The Balaban J connectivity index is 2.16. The van der Waals surface area contributed by atoms with Crippen LogP contribution in [0.2, 0.25) is 0 Å². The zero-order valence-electron chi connectivity index (χ0n) is 9.18. The van der Waals surface area contributed by atoms with Crippen molar-refractivity contribution in [3.8, 4) is 0 Å². The topological polar surface area (TPSA) is 49.1 Å². The van der Waals surface area contributed by atoms with Gasteiger partial charge in [-0.2, -0.15) is 5.11 Å². The first kappa shape index (κ1) is 11.4. The van der Waals surface area contributed by atoms with E-state index in [0.29, 0.717) is 6.42 Å². The highest BCUT2D eigenvalue weighted by Crippen LogP contribution is 2.21. The Kier molecular flexibility index (Phi) is 3.55. The van der Waals surface area contributed by atoms with Crippen molar-refractivity contribution >= 4 is 0 Å². The molecule has 0 aliphatic heterocycles. The van der Waals surface area contributed by atoms with Crippen molar-refractivity contribution in [3.63, 3.8) is 0 Å². The predicted molar refractivity (Wildman–Crippen MR) is 62.2 cm³/mol. The average molecular weight is 229 g/mol. The summed E-state index contributed by atoms with van der Waals surface area (Å²) in [4.78, 5) is 3.93. The number of hydrogen-bond donors (Lipinski definition) is 1. The molecule has 1 aromatic carbocycles. The molecule has 0 unspecified atom stereocenters. The van der Waals surface area contributed by atoms with Crippen LogP contribution < -0.4 is 0 Å². The number of pyridine rings is 1. The van der Waals surface area contributed by atoms with Crippen LogP contribution in [-0.2, 0) is 6.42 Å². The second-order valence-corrected chi connectivity index (χ2v) is 3.76. The van der Waals surface area contributed by atoms with Crippen LogP contribution in [0.3, 0.4) is 0 Å². The fourth-order valence-corrected chi connectivity index (χ4v) is 1.67. The molecule has 0 spiro atoms. The maximum Gasteiger partial charge on any atom is 0.123 e. The van der Waals surface area contributed by atoms with Crippen LogP contribution in [0.15, 0.2) is 53.9 Å². The minimum atomic E-state index is -0.253. The van der Waals surface area contributed by atoms with Crippen molar-refractivity contribution < 1.29 is 4.39 Å². The molecule has 0 amide bonds. The van der Waals surface area contributed by atoms with Gasteiger partial charge in [-0.3, -0.25) is 4.98 Å². The van der Waals surface area contributed by atoms with Gasteiger partial charge in [0.05, 0.1) is 6.04 Å². The quantitative estimate of drug-likeness (QED) is 0.801. The second kappa shape index (κ2) is 5.30. The fourth-order valence-electron chi connectivity index (χ4n) is 1.67. The molecule has 2 rings (SSSR count). The third-order valence-corrected chi connectivity index (χ3v) is 2.59. The molecule has 1 N–H and O–H groups in total. The van der Waals surface area contributed by atoms with Gasteiger partial charge in [0.25, 0.3) is 0 Å². The standard InChI is InChI=1S/C13H12FN3/c14-12-3-1-10(2-4-12)9-13(17-15)11-5-7-16-8-6-11/h1-8,13,15H,9H2/t13-/m0/s1. The summed E-state index contributed by atoms with van der Waals surface area (Å²) in [5.41, 5.74) is 9.13. The minimum Gasteiger partial charge on any atom is -0.265 e. The predicted octanol–water partition coefficient (Wildman–Crippen LogP) is 3.54. The van der Waals surface area contributed by atoms with E-state index < -0.39 is 0 Å². The Bertz CT molecular complexity index is 482. The van der Waals surface area contributed by atoms with Crippen LogP contribution in [0, 0.1) is 11.3 Å². The summed E-state index contributed by atoms with van der Waals surface area (Å²) in [6.45, 7) is 0. The molecule has 0 saturated heterocycles. The molecule has 0 saturated carbocycles. The number of halogens is 1. The van der Waals surface area contributed by atoms with E-state index in [2.05, 4.69) is 10.1 Å². The van der Waals surface area contributed by atoms with Crippen LogP contribution in [0.1, 0.15) is 17.2 Å². The fraction of sp³-hybridized carbons (Fsp3) is 0.154. The molecule has 17 heavy (non-hydrogen) atoms. The SMILES string of the molecule is N=N[C@@H](Cc1ccc(F)cc1)c1ccncc1. The van der Waals surface area contributed by atoms with Gasteiger partial charge in [-0.05, 0) is 35.4 Å². The third-order valence-electron chi connectivity index (χ3n) is 2.59. The van der Waals surface area contributed by atoms with E-state index >= 15 is 0 Å². The molecule has 4 heteroatoms. The molecule has 0 fully saturated rings. The van der Waals surface area contributed by atoms with Gasteiger partial charge in [0.15, 0.2) is 0 Å². The van der Waals surface area contributed by atoms with Crippen LogP contribution in [-0.4, -0.2) is 4.98 Å². The lowest BCUT2D eigenvalue weighted by Crippen LogP contribution is -1.99. The number of benzene rings is 1. The normalized spacial score (nSPS) is 12.1. The van der Waals surface area contributed by atoms with Gasteiger partial charge in [0.2, 0.25) is 0 Å². The van der Waals surface area contributed by atoms with Crippen LogP contribution >= 0.6 is 0 Å². The largest absolute Gasteiger partial charge is 0.265 e. The molecule has 1 aromatic heterocycles. The van der Waals surface area contributed by atoms with Crippen LogP contribution in [0.4, 0.5) is 4.39 Å². The first-order valence-corrected chi connectivity index (χ1v) is 5.30. The number of rotatable bonds is 4. The minimum absolute atomic E-state index is 0.233. The van der Waals surface area contributed by atoms with E-state index in [0.717, 1.165) is 11.1 Å². The number of nitrogens with one attached hydrogen (secondary N) is 1. The highest BCUT2D eigenvalue weighted by Gasteiger charge is 2.10. The van der Waals surface area contributed by atoms with Crippen molar-refractivity contribution in [1.82, 2.24) is 4.98 Å². The van der Waals surface area contributed by atoms with E-state index in [9.17, 15) is 4.39 Å². The first-order valence-electron chi connectivity index (χ1n) is 5.30. The molecule has 0 aliphatic rings. The van der Waals surface area contributed by atoms with Gasteiger partial charge in [-0.25, -0.2) is 9.92 Å². The van der Waals surface area contributed by atoms with E-state index in [1.807, 2.05) is 12.1 Å². The zero-order chi connectivity index (χ0) is 12.1. The second-order valence-electron chi connectivity index (χ2n) is 3.76. The molecular weight excluding hydrogens is 217 g/mol. The number of aromatic nitrogens is 1. The van der Waals surface area contributed by atoms with E-state index in [1.54, 1.807) is 24.5 Å². The van der Waals surface area contributed by atoms with Gasteiger partial charge in [0, 0.05) is 18.8 Å². The lowest BCUT2D eigenvalue weighted by atomic mass is 10.0. The lowest BCUT2D eigenvalue weighted by Gasteiger charge is -2.10. The lowest BCUT2D eigenvalue weighted by molar-refractivity contribution is 0.623. The van der Waals surface area contributed by atoms with Crippen LogP contribution in [0.5, 0.6) is 0 Å². The summed E-state index contributed by atoms with van der Waals surface area (Å²) in [5, 5.41) is 3.60. The van der Waals surface area contributed by atoms with Gasteiger partial charge in [0.1, 0.15) is 5.82 Å².